The minimum Gasteiger partial charge on any atom is -0.244 e. The first-order chi connectivity index (χ1) is 3.79. The van der Waals surface area contributed by atoms with Crippen LogP contribution in [0.1, 0.15) is 6.42 Å². The number of nitrogens with zero attached hydrogens (tertiary/aromatic N) is 1. The minimum atomic E-state index is -0.512. The third-order valence-electron chi connectivity index (χ3n) is 0.703. The van der Waals surface area contributed by atoms with Crippen molar-refractivity contribution in [2.24, 2.45) is 0 Å². The highest BCUT2D eigenvalue weighted by atomic mass is 16.8. The molecule has 0 amide bonds. The molecule has 0 aromatic rings. The third kappa shape index (κ3) is 0.900. The van der Waals surface area contributed by atoms with Gasteiger partial charge in [0.05, 0.1) is 11.3 Å². The van der Waals surface area contributed by atoms with Gasteiger partial charge < -0.3 is 0 Å². The average Bonchev–Trinajstić information content (AvgIpc) is 1.64. The van der Waals surface area contributed by atoms with Gasteiger partial charge in [0.1, 0.15) is 0 Å². The van der Waals surface area contributed by atoms with Gasteiger partial charge in [-0.1, -0.05) is 0 Å². The molecule has 0 aromatic heterocycles. The molecule has 0 aromatic carbocycles. The minimum absolute atomic E-state index is 0.131. The lowest BCUT2D eigenvalue weighted by Gasteiger charge is -1.89. The van der Waals surface area contributed by atoms with Crippen LogP contribution < -0.4 is 0 Å². The van der Waals surface area contributed by atoms with Crippen molar-refractivity contribution in [3.8, 4) is 0 Å². The van der Waals surface area contributed by atoms with Gasteiger partial charge in [0.2, 0.25) is 0 Å². The van der Waals surface area contributed by atoms with Gasteiger partial charge in [-0.05, 0) is 0 Å². The van der Waals surface area contributed by atoms with E-state index >= 15 is 0 Å². The van der Waals surface area contributed by atoms with Crippen LogP contribution in [0.15, 0.2) is 12.3 Å². The molecular weight excluding hydrogens is 110 g/mol. The maximum absolute atomic E-state index is 10.2. The highest BCUT2D eigenvalue weighted by Gasteiger charge is 2.17. The van der Waals surface area contributed by atoms with E-state index in [4.69, 9.17) is 0 Å². The maximum Gasteiger partial charge on any atom is 0.389 e. The first-order valence-corrected chi connectivity index (χ1v) is 2.13. The fraction of sp³-hybridized carbons (Fsp3) is 0.250. The van der Waals surface area contributed by atoms with E-state index in [1.165, 1.54) is 6.08 Å². The highest BCUT2D eigenvalue weighted by Crippen LogP contribution is 1.96. The Bertz CT molecular complexity index is 161. The molecule has 0 bridgehead atoms. The zero-order valence-corrected chi connectivity index (χ0v) is 4.03. The van der Waals surface area contributed by atoms with Crippen LogP contribution in [0.4, 0.5) is 0 Å². The van der Waals surface area contributed by atoms with Crippen LogP contribution in [0, 0.1) is 4.91 Å². The predicted octanol–water partition coefficient (Wildman–Crippen LogP) is 0.141. The van der Waals surface area contributed by atoms with E-state index in [-0.39, 0.29) is 11.3 Å². The molecule has 0 radical (unpaired) electrons. The molecule has 0 spiro atoms. The first kappa shape index (κ1) is 4.96. The molecule has 1 heterocycles. The van der Waals surface area contributed by atoms with Crippen molar-refractivity contribution in [2.75, 3.05) is 0 Å². The lowest BCUT2D eigenvalue weighted by atomic mass is 10.4. The standard InChI is InChI=1S/C4H4NO3/c6-4-2-1-3-5(7)8-4/h1,3H,2H2/q+1. The molecule has 8 heavy (non-hydrogen) atoms. The molecule has 42 valence electrons. The summed E-state index contributed by atoms with van der Waals surface area (Å²) in [4.78, 5) is 24.4. The molecule has 1 aliphatic heterocycles. The monoisotopic (exact) mass is 114 g/mol. The molecule has 0 unspecified atom stereocenters. The van der Waals surface area contributed by atoms with Crippen LogP contribution in [0.3, 0.4) is 0 Å². The van der Waals surface area contributed by atoms with Gasteiger partial charge >= 0.3 is 5.97 Å². The van der Waals surface area contributed by atoms with Crippen LogP contribution in [-0.2, 0) is 9.63 Å². The van der Waals surface area contributed by atoms with E-state index < -0.39 is 5.97 Å². The van der Waals surface area contributed by atoms with E-state index in [1.54, 1.807) is 0 Å². The Kier molecular flexibility index (Phi) is 1.07. The summed E-state index contributed by atoms with van der Waals surface area (Å²) in [5, 5.41) is 0. The Morgan fingerprint density at radius 3 is 2.88 bits per heavy atom. The van der Waals surface area contributed by atoms with Crippen molar-refractivity contribution in [3.63, 3.8) is 0 Å². The fourth-order valence-corrected chi connectivity index (χ4v) is 0.403. The molecule has 0 saturated heterocycles. The van der Waals surface area contributed by atoms with Crippen molar-refractivity contribution in [1.29, 1.82) is 0 Å². The molecule has 0 N–H and O–H groups in total. The zero-order valence-electron chi connectivity index (χ0n) is 4.03. The molecule has 0 aliphatic carbocycles. The maximum atomic E-state index is 10.2. The Labute approximate surface area is 45.3 Å². The molecule has 0 fully saturated rings. The van der Waals surface area contributed by atoms with E-state index in [0.717, 1.165) is 6.20 Å². The van der Waals surface area contributed by atoms with E-state index in [1.807, 2.05) is 0 Å². The second-order valence-electron chi connectivity index (χ2n) is 1.34. The van der Waals surface area contributed by atoms with Crippen LogP contribution in [-0.4, -0.2) is 10.9 Å². The Hall–Kier alpha value is -1.19. The second-order valence-corrected chi connectivity index (χ2v) is 1.34. The quantitative estimate of drug-likeness (QED) is 0.450. The molecule has 0 saturated carbocycles. The summed E-state index contributed by atoms with van der Waals surface area (Å²) in [5.41, 5.74) is 0. The smallest absolute Gasteiger partial charge is 0.244 e. The highest BCUT2D eigenvalue weighted by molar-refractivity contribution is 5.70. The molecule has 1 aliphatic rings. The number of hydrogen-bond acceptors (Lipinski definition) is 3. The lowest BCUT2D eigenvalue weighted by molar-refractivity contribution is -0.731. The fourth-order valence-electron chi connectivity index (χ4n) is 0.403. The average molecular weight is 114 g/mol. The van der Waals surface area contributed by atoms with Crippen LogP contribution in [0.2, 0.25) is 0 Å². The van der Waals surface area contributed by atoms with Crippen molar-refractivity contribution in [1.82, 2.24) is 0 Å². The van der Waals surface area contributed by atoms with Gasteiger partial charge in [0.25, 0.3) is 11.1 Å². The van der Waals surface area contributed by atoms with Gasteiger partial charge in [-0.15, -0.1) is 4.84 Å². The molecule has 1 rings (SSSR count). The van der Waals surface area contributed by atoms with E-state index in [9.17, 15) is 9.70 Å². The summed E-state index contributed by atoms with van der Waals surface area (Å²) in [6.45, 7) is 0. The summed E-state index contributed by atoms with van der Waals surface area (Å²) in [6, 6.07) is 0. The second kappa shape index (κ2) is 1.73. The van der Waals surface area contributed by atoms with Crippen molar-refractivity contribution in [3.05, 3.63) is 17.2 Å². The zero-order chi connectivity index (χ0) is 5.98. The van der Waals surface area contributed by atoms with Crippen LogP contribution in [0.5, 0.6) is 0 Å². The van der Waals surface area contributed by atoms with Gasteiger partial charge in [-0.25, -0.2) is 4.79 Å². The Morgan fingerprint density at radius 2 is 2.50 bits per heavy atom. The van der Waals surface area contributed by atoms with Gasteiger partial charge in [-0.3, -0.25) is 0 Å². The molecule has 4 nitrogen and oxygen atoms in total. The predicted molar refractivity (Wildman–Crippen MR) is 23.5 cm³/mol. The van der Waals surface area contributed by atoms with E-state index in [0.29, 0.717) is 0 Å². The van der Waals surface area contributed by atoms with Crippen molar-refractivity contribution in [2.45, 2.75) is 6.42 Å². The SMILES string of the molecule is O=C1CC=C[N+](=O)O1. The molecule has 4 heteroatoms. The first-order valence-electron chi connectivity index (χ1n) is 2.13. The number of rotatable bonds is 0. The number of carbonyl (C=O) groups is 1. The van der Waals surface area contributed by atoms with Gasteiger partial charge in [-0.2, -0.15) is 0 Å². The Morgan fingerprint density at radius 1 is 1.75 bits per heavy atom. The lowest BCUT2D eigenvalue weighted by Crippen LogP contribution is -2.13. The summed E-state index contributed by atoms with van der Waals surface area (Å²) in [6.07, 6.45) is 2.79. The summed E-state index contributed by atoms with van der Waals surface area (Å²) in [5.74, 6) is -0.512. The topological polar surface area (TPSA) is 46.4 Å². The van der Waals surface area contributed by atoms with Crippen molar-refractivity contribution >= 4 is 5.97 Å². The Balaban J connectivity index is 2.68. The summed E-state index contributed by atoms with van der Waals surface area (Å²) < 4.78 is 0. The summed E-state index contributed by atoms with van der Waals surface area (Å²) >= 11 is 0. The molecule has 0 atom stereocenters. The molecular formula is C4H4NO3+. The van der Waals surface area contributed by atoms with Crippen molar-refractivity contribution < 1.29 is 14.6 Å². The van der Waals surface area contributed by atoms with Gasteiger partial charge in [0.15, 0.2) is 0 Å². The van der Waals surface area contributed by atoms with E-state index in [2.05, 4.69) is 4.84 Å². The van der Waals surface area contributed by atoms with Gasteiger partial charge in [0, 0.05) is 6.08 Å². The number of hydrogen-bond donors (Lipinski definition) is 0. The normalized spacial score (nSPS) is 18.5. The largest absolute Gasteiger partial charge is 0.389 e. The van der Waals surface area contributed by atoms with Crippen LogP contribution in [0.25, 0.3) is 0 Å². The van der Waals surface area contributed by atoms with Crippen LogP contribution >= 0.6 is 0 Å². The third-order valence-corrected chi connectivity index (χ3v) is 0.703. The number of carbonyl (C=O) groups excluding carboxylic acids is 1. The summed E-state index contributed by atoms with van der Waals surface area (Å²) in [7, 11) is 0.